The lowest BCUT2D eigenvalue weighted by molar-refractivity contribution is 0.309. The van der Waals surface area contributed by atoms with Gasteiger partial charge in [-0.1, -0.05) is 49.2 Å². The van der Waals surface area contributed by atoms with Gasteiger partial charge >= 0.3 is 0 Å². The van der Waals surface area contributed by atoms with E-state index >= 15 is 0 Å². The highest BCUT2D eigenvalue weighted by atomic mass is 32.1. The van der Waals surface area contributed by atoms with E-state index in [4.69, 9.17) is 17.0 Å². The van der Waals surface area contributed by atoms with Crippen LogP contribution in [-0.4, -0.2) is 41.5 Å². The Morgan fingerprint density at radius 3 is 2.68 bits per heavy atom. The monoisotopic (exact) mass is 454 g/mol. The van der Waals surface area contributed by atoms with Gasteiger partial charge in [-0.25, -0.2) is 0 Å². The summed E-state index contributed by atoms with van der Waals surface area (Å²) in [6.45, 7) is 12.5. The van der Waals surface area contributed by atoms with Crippen LogP contribution in [-0.2, 0) is 13.1 Å². The van der Waals surface area contributed by atoms with Gasteiger partial charge in [0.15, 0.2) is 0 Å². The number of likely N-dealkylation sites (N-methyl/N-ethyl adjacent to an activating group) is 2. The van der Waals surface area contributed by atoms with Gasteiger partial charge in [0.1, 0.15) is 17.3 Å². The van der Waals surface area contributed by atoms with E-state index in [0.717, 1.165) is 36.9 Å². The van der Waals surface area contributed by atoms with E-state index in [2.05, 4.69) is 84.4 Å². The van der Waals surface area contributed by atoms with Crippen LogP contribution in [0, 0.1) is 17.3 Å². The Kier molecular flexibility index (Phi) is 10.3. The zero-order chi connectivity index (χ0) is 22.7. The molecule has 0 saturated carbocycles. The molecular weight excluding hydrogens is 420 g/mol. The molecule has 31 heavy (non-hydrogen) atoms. The quantitative estimate of drug-likeness (QED) is 0.322. The van der Waals surface area contributed by atoms with Crippen LogP contribution >= 0.6 is 23.6 Å². The highest BCUT2D eigenvalue weighted by Gasteiger charge is 2.08. The molecule has 0 aliphatic rings. The van der Waals surface area contributed by atoms with Gasteiger partial charge in [-0.3, -0.25) is 4.90 Å². The third kappa shape index (κ3) is 10.1. The fourth-order valence-corrected chi connectivity index (χ4v) is 3.60. The summed E-state index contributed by atoms with van der Waals surface area (Å²) in [7, 11) is 2.01. The van der Waals surface area contributed by atoms with E-state index in [9.17, 15) is 0 Å². The second-order valence-corrected chi connectivity index (χ2v) is 9.82. The molecule has 0 aliphatic carbocycles. The predicted octanol–water partition coefficient (Wildman–Crippen LogP) is 6.01. The van der Waals surface area contributed by atoms with Gasteiger partial charge in [0, 0.05) is 32.1 Å². The third-order valence-electron chi connectivity index (χ3n) is 4.55. The molecule has 5 heteroatoms. The van der Waals surface area contributed by atoms with Crippen LogP contribution in [0.4, 0.5) is 0 Å². The minimum atomic E-state index is 0.0379. The molecule has 0 spiro atoms. The molecule has 2 rings (SSSR count). The van der Waals surface area contributed by atoms with Crippen LogP contribution in [0.15, 0.2) is 53.2 Å². The van der Waals surface area contributed by atoms with Crippen LogP contribution in [0.25, 0.3) is 0 Å². The fourth-order valence-electron chi connectivity index (χ4n) is 2.82. The maximum Gasteiger partial charge on any atom is 0.138 e. The van der Waals surface area contributed by atoms with Crippen molar-refractivity contribution in [2.24, 2.45) is 5.41 Å². The van der Waals surface area contributed by atoms with Crippen LogP contribution < -0.4 is 4.74 Å². The summed E-state index contributed by atoms with van der Waals surface area (Å²) in [6, 6.07) is 10.4. The highest BCUT2D eigenvalue weighted by Crippen LogP contribution is 2.16. The summed E-state index contributed by atoms with van der Waals surface area (Å²) in [4.78, 5) is 5.23. The number of nitrogens with zero attached hydrogens (tertiary/aromatic N) is 2. The van der Waals surface area contributed by atoms with E-state index in [0.29, 0.717) is 6.61 Å². The average molecular weight is 455 g/mol. The van der Waals surface area contributed by atoms with Crippen molar-refractivity contribution in [1.82, 2.24) is 9.80 Å². The zero-order valence-electron chi connectivity index (χ0n) is 19.4. The second-order valence-electron chi connectivity index (χ2n) is 8.57. The first kappa shape index (κ1) is 25.1. The highest BCUT2D eigenvalue weighted by molar-refractivity contribution is 7.80. The van der Waals surface area contributed by atoms with Gasteiger partial charge in [0.2, 0.25) is 0 Å². The normalized spacial score (nSPS) is 11.4. The summed E-state index contributed by atoms with van der Waals surface area (Å²) in [5.74, 6) is 7.22. The molecule has 0 radical (unpaired) electrons. The predicted molar refractivity (Wildman–Crippen MR) is 138 cm³/mol. The van der Waals surface area contributed by atoms with Crippen LogP contribution in [0.3, 0.4) is 0 Å². The number of hydrogen-bond acceptors (Lipinski definition) is 4. The minimum Gasteiger partial charge on any atom is -0.486 e. The van der Waals surface area contributed by atoms with E-state index in [1.54, 1.807) is 11.3 Å². The van der Waals surface area contributed by atoms with E-state index in [1.807, 2.05) is 25.3 Å². The lowest BCUT2D eigenvalue weighted by Gasteiger charge is -2.21. The van der Waals surface area contributed by atoms with Crippen molar-refractivity contribution in [3.63, 3.8) is 0 Å². The topological polar surface area (TPSA) is 15.7 Å². The summed E-state index contributed by atoms with van der Waals surface area (Å²) in [6.07, 6.45) is 4.09. The number of rotatable bonds is 10. The Balaban J connectivity index is 1.84. The zero-order valence-corrected chi connectivity index (χ0v) is 21.0. The van der Waals surface area contributed by atoms with Crippen molar-refractivity contribution in [1.29, 1.82) is 0 Å². The lowest BCUT2D eigenvalue weighted by atomic mass is 9.98. The standard InChI is InChI=1S/C26H34N2OS2/c1-6-28(15-9-7-8-14-26(2,3)4)19-22-11-10-12-24(17-22)29-20-25(30)27(5)18-23-13-16-31-21-23/h7,9-13,16-17,21H,6,15,18-20H2,1-5H3. The van der Waals surface area contributed by atoms with Crippen molar-refractivity contribution in [2.75, 3.05) is 26.7 Å². The van der Waals surface area contributed by atoms with E-state index in [1.165, 1.54) is 11.1 Å². The molecule has 2 aromatic rings. The first-order valence-corrected chi connectivity index (χ1v) is 12.0. The Bertz CT molecular complexity index is 901. The summed E-state index contributed by atoms with van der Waals surface area (Å²) in [5, 5.41) is 4.23. The first-order chi connectivity index (χ1) is 14.8. The molecule has 1 aromatic carbocycles. The number of benzene rings is 1. The summed E-state index contributed by atoms with van der Waals surface area (Å²) >= 11 is 7.24. The Morgan fingerprint density at radius 1 is 1.19 bits per heavy atom. The SMILES string of the molecule is CCN(CC=CC#CC(C)(C)C)Cc1cccc(OCC(=S)N(C)Cc2ccsc2)c1. The molecule has 0 saturated heterocycles. The van der Waals surface area contributed by atoms with E-state index in [-0.39, 0.29) is 5.41 Å². The Hall–Kier alpha value is -2.13. The molecule has 1 heterocycles. The van der Waals surface area contributed by atoms with Gasteiger partial charge in [-0.05, 0) is 73.5 Å². The Morgan fingerprint density at radius 2 is 2.00 bits per heavy atom. The molecule has 0 atom stereocenters. The average Bonchev–Trinajstić information content (AvgIpc) is 3.23. The van der Waals surface area contributed by atoms with Crippen molar-refractivity contribution < 1.29 is 4.74 Å². The molecular formula is C26H34N2OS2. The van der Waals surface area contributed by atoms with Gasteiger partial charge < -0.3 is 9.64 Å². The maximum absolute atomic E-state index is 5.98. The largest absolute Gasteiger partial charge is 0.486 e. The molecule has 0 bridgehead atoms. The second kappa shape index (κ2) is 12.7. The number of hydrogen-bond donors (Lipinski definition) is 0. The number of thiocarbonyl (C=S) groups is 1. The molecule has 0 aliphatic heterocycles. The minimum absolute atomic E-state index is 0.0379. The third-order valence-corrected chi connectivity index (χ3v) is 5.71. The molecule has 0 unspecified atom stereocenters. The molecule has 1 aromatic heterocycles. The maximum atomic E-state index is 5.98. The molecule has 0 amide bonds. The molecule has 166 valence electrons. The number of ether oxygens (including phenoxy) is 1. The van der Waals surface area contributed by atoms with Crippen molar-refractivity contribution in [3.05, 3.63) is 64.4 Å². The number of thiophene rings is 1. The fraction of sp³-hybridized carbons (Fsp3) is 0.423. The lowest BCUT2D eigenvalue weighted by Crippen LogP contribution is -2.29. The summed E-state index contributed by atoms with van der Waals surface area (Å²) < 4.78 is 5.98. The van der Waals surface area contributed by atoms with Gasteiger partial charge in [-0.2, -0.15) is 11.3 Å². The molecule has 0 fully saturated rings. The van der Waals surface area contributed by atoms with Crippen LogP contribution in [0.2, 0.25) is 0 Å². The summed E-state index contributed by atoms with van der Waals surface area (Å²) in [5.41, 5.74) is 2.54. The first-order valence-electron chi connectivity index (χ1n) is 10.6. The number of allylic oxidation sites excluding steroid dienone is 1. The van der Waals surface area contributed by atoms with Gasteiger partial charge in [-0.15, -0.1) is 0 Å². The van der Waals surface area contributed by atoms with Crippen LogP contribution in [0.5, 0.6) is 5.75 Å². The Labute approximate surface area is 197 Å². The van der Waals surface area contributed by atoms with Gasteiger partial charge in [0.25, 0.3) is 0 Å². The van der Waals surface area contributed by atoms with Crippen molar-refractivity contribution >= 4 is 28.5 Å². The smallest absolute Gasteiger partial charge is 0.138 e. The van der Waals surface area contributed by atoms with E-state index < -0.39 is 0 Å². The van der Waals surface area contributed by atoms with Crippen LogP contribution in [0.1, 0.15) is 38.8 Å². The molecule has 0 N–H and O–H groups in total. The van der Waals surface area contributed by atoms with Gasteiger partial charge in [0.05, 0.1) is 0 Å². The van der Waals surface area contributed by atoms with Crippen molar-refractivity contribution in [2.45, 2.75) is 40.8 Å². The molecule has 3 nitrogen and oxygen atoms in total. The van der Waals surface area contributed by atoms with Crippen molar-refractivity contribution in [3.8, 4) is 17.6 Å².